The van der Waals surface area contributed by atoms with Crippen LogP contribution in [-0.2, 0) is 6.42 Å². The second kappa shape index (κ2) is 3.82. The van der Waals surface area contributed by atoms with Crippen LogP contribution in [0.4, 0.5) is 0 Å². The zero-order valence-electron chi connectivity index (χ0n) is 8.03. The molecule has 0 spiro atoms. The van der Waals surface area contributed by atoms with Crippen molar-refractivity contribution < 1.29 is 0 Å². The van der Waals surface area contributed by atoms with E-state index in [0.717, 1.165) is 12.8 Å². The van der Waals surface area contributed by atoms with Gasteiger partial charge in [0.2, 0.25) is 0 Å². The van der Waals surface area contributed by atoms with Crippen molar-refractivity contribution in [1.82, 2.24) is 4.98 Å². The molecule has 0 atom stereocenters. The summed E-state index contributed by atoms with van der Waals surface area (Å²) in [5.41, 5.74) is 13.4. The van der Waals surface area contributed by atoms with E-state index in [9.17, 15) is 0 Å². The number of aromatic nitrogens is 1. The Morgan fingerprint density at radius 1 is 1.21 bits per heavy atom. The summed E-state index contributed by atoms with van der Waals surface area (Å²) in [6, 6.07) is 10.4. The summed E-state index contributed by atoms with van der Waals surface area (Å²) >= 11 is 0. The molecule has 14 heavy (non-hydrogen) atoms. The SMILES string of the molecule is NC(N)CCc1cc2ccccc2[nH]1. The Bertz CT molecular complexity index is 384. The molecule has 0 radical (unpaired) electrons. The Labute approximate surface area is 83.1 Å². The van der Waals surface area contributed by atoms with Crippen molar-refractivity contribution in [3.8, 4) is 0 Å². The molecule has 2 rings (SSSR count). The van der Waals surface area contributed by atoms with Gasteiger partial charge in [0.1, 0.15) is 0 Å². The van der Waals surface area contributed by atoms with Crippen molar-refractivity contribution in [1.29, 1.82) is 0 Å². The number of aromatic amines is 1. The molecule has 0 saturated heterocycles. The molecule has 3 heteroatoms. The first kappa shape index (κ1) is 9.24. The molecule has 0 saturated carbocycles. The third-order valence-corrected chi connectivity index (χ3v) is 2.33. The van der Waals surface area contributed by atoms with Gasteiger partial charge in [0, 0.05) is 11.2 Å². The fourth-order valence-electron chi connectivity index (χ4n) is 1.59. The third kappa shape index (κ3) is 1.95. The van der Waals surface area contributed by atoms with Gasteiger partial charge in [-0.3, -0.25) is 0 Å². The zero-order chi connectivity index (χ0) is 9.97. The summed E-state index contributed by atoms with van der Waals surface area (Å²) in [6.07, 6.45) is 1.50. The van der Waals surface area contributed by atoms with E-state index < -0.39 is 0 Å². The van der Waals surface area contributed by atoms with Crippen molar-refractivity contribution in [2.45, 2.75) is 19.0 Å². The maximum atomic E-state index is 5.50. The quantitative estimate of drug-likeness (QED) is 0.638. The topological polar surface area (TPSA) is 67.8 Å². The van der Waals surface area contributed by atoms with Gasteiger partial charge < -0.3 is 16.5 Å². The Balaban J connectivity index is 2.19. The van der Waals surface area contributed by atoms with E-state index in [4.69, 9.17) is 11.5 Å². The average Bonchev–Trinajstić information content (AvgIpc) is 2.57. The van der Waals surface area contributed by atoms with Gasteiger partial charge in [-0.05, 0) is 30.4 Å². The zero-order valence-corrected chi connectivity index (χ0v) is 8.03. The van der Waals surface area contributed by atoms with Crippen molar-refractivity contribution in [2.24, 2.45) is 11.5 Å². The van der Waals surface area contributed by atoms with Gasteiger partial charge in [-0.25, -0.2) is 0 Å². The van der Waals surface area contributed by atoms with Gasteiger partial charge in [-0.1, -0.05) is 18.2 Å². The highest BCUT2D eigenvalue weighted by molar-refractivity contribution is 5.80. The molecule has 1 aromatic heterocycles. The minimum atomic E-state index is -0.221. The number of rotatable bonds is 3. The van der Waals surface area contributed by atoms with E-state index in [-0.39, 0.29) is 6.17 Å². The second-order valence-electron chi connectivity index (χ2n) is 3.58. The number of nitrogens with one attached hydrogen (secondary N) is 1. The third-order valence-electron chi connectivity index (χ3n) is 2.33. The highest BCUT2D eigenvalue weighted by Crippen LogP contribution is 2.15. The number of fused-ring (bicyclic) bond motifs is 1. The second-order valence-corrected chi connectivity index (χ2v) is 3.58. The first-order valence-corrected chi connectivity index (χ1v) is 4.83. The van der Waals surface area contributed by atoms with Gasteiger partial charge in [0.15, 0.2) is 0 Å². The van der Waals surface area contributed by atoms with E-state index in [0.29, 0.717) is 0 Å². The lowest BCUT2D eigenvalue weighted by Gasteiger charge is -2.01. The first-order chi connectivity index (χ1) is 6.75. The number of benzene rings is 1. The van der Waals surface area contributed by atoms with E-state index in [1.54, 1.807) is 0 Å². The minimum Gasteiger partial charge on any atom is -0.358 e. The Morgan fingerprint density at radius 2 is 2.00 bits per heavy atom. The minimum absolute atomic E-state index is 0.221. The van der Waals surface area contributed by atoms with Crippen LogP contribution in [0.3, 0.4) is 0 Å². The van der Waals surface area contributed by atoms with Crippen LogP contribution in [0.1, 0.15) is 12.1 Å². The fraction of sp³-hybridized carbons (Fsp3) is 0.273. The maximum absolute atomic E-state index is 5.50. The molecule has 0 aliphatic heterocycles. The van der Waals surface area contributed by atoms with E-state index in [1.165, 1.54) is 16.6 Å². The van der Waals surface area contributed by atoms with Gasteiger partial charge in [-0.15, -0.1) is 0 Å². The number of nitrogens with two attached hydrogens (primary N) is 2. The Kier molecular flexibility index (Phi) is 2.52. The van der Waals surface area contributed by atoms with Crippen LogP contribution >= 0.6 is 0 Å². The summed E-state index contributed by atoms with van der Waals surface area (Å²) in [5, 5.41) is 1.24. The van der Waals surface area contributed by atoms with Crippen LogP contribution in [0.15, 0.2) is 30.3 Å². The molecular formula is C11H15N3. The fourth-order valence-corrected chi connectivity index (χ4v) is 1.59. The molecule has 74 valence electrons. The van der Waals surface area contributed by atoms with Crippen molar-refractivity contribution in [2.75, 3.05) is 0 Å². The lowest BCUT2D eigenvalue weighted by atomic mass is 10.2. The van der Waals surface area contributed by atoms with Crippen LogP contribution in [0.2, 0.25) is 0 Å². The summed E-state index contributed by atoms with van der Waals surface area (Å²) in [4.78, 5) is 3.34. The molecule has 0 bridgehead atoms. The number of hydrogen-bond donors (Lipinski definition) is 3. The molecular weight excluding hydrogens is 174 g/mol. The molecule has 0 aliphatic rings. The molecule has 1 aromatic carbocycles. The van der Waals surface area contributed by atoms with Crippen LogP contribution in [0.25, 0.3) is 10.9 Å². The van der Waals surface area contributed by atoms with E-state index >= 15 is 0 Å². The predicted molar refractivity (Wildman–Crippen MR) is 58.8 cm³/mol. The largest absolute Gasteiger partial charge is 0.358 e. The maximum Gasteiger partial charge on any atom is 0.0524 e. The number of aryl methyl sites for hydroxylation is 1. The van der Waals surface area contributed by atoms with Gasteiger partial charge >= 0.3 is 0 Å². The molecule has 3 nitrogen and oxygen atoms in total. The Hall–Kier alpha value is -1.32. The lowest BCUT2D eigenvalue weighted by Crippen LogP contribution is -2.30. The molecule has 0 aliphatic carbocycles. The molecule has 2 aromatic rings. The molecule has 0 unspecified atom stereocenters. The van der Waals surface area contributed by atoms with Crippen LogP contribution in [0.5, 0.6) is 0 Å². The van der Waals surface area contributed by atoms with Crippen LogP contribution < -0.4 is 11.5 Å². The lowest BCUT2D eigenvalue weighted by molar-refractivity contribution is 0.634. The summed E-state index contributed by atoms with van der Waals surface area (Å²) in [6.45, 7) is 0. The number of hydrogen-bond acceptors (Lipinski definition) is 2. The molecule has 0 amide bonds. The summed E-state index contributed by atoms with van der Waals surface area (Å²) < 4.78 is 0. The van der Waals surface area contributed by atoms with E-state index in [2.05, 4.69) is 23.2 Å². The van der Waals surface area contributed by atoms with Crippen molar-refractivity contribution in [3.05, 3.63) is 36.0 Å². The van der Waals surface area contributed by atoms with Crippen molar-refractivity contribution in [3.63, 3.8) is 0 Å². The van der Waals surface area contributed by atoms with E-state index in [1.807, 2.05) is 12.1 Å². The van der Waals surface area contributed by atoms with Crippen LogP contribution in [0, 0.1) is 0 Å². The standard InChI is InChI=1S/C11H15N3/c12-11(13)6-5-9-7-8-3-1-2-4-10(8)14-9/h1-4,7,11,14H,5-6,12-13H2. The van der Waals surface area contributed by atoms with Gasteiger partial charge in [0.05, 0.1) is 6.17 Å². The van der Waals surface area contributed by atoms with Crippen LogP contribution in [-0.4, -0.2) is 11.1 Å². The predicted octanol–water partition coefficient (Wildman–Crippen LogP) is 1.34. The van der Waals surface area contributed by atoms with Gasteiger partial charge in [0.25, 0.3) is 0 Å². The molecule has 5 N–H and O–H groups in total. The monoisotopic (exact) mass is 189 g/mol. The Morgan fingerprint density at radius 3 is 2.71 bits per heavy atom. The highest BCUT2D eigenvalue weighted by atomic mass is 14.8. The van der Waals surface area contributed by atoms with Gasteiger partial charge in [-0.2, -0.15) is 0 Å². The average molecular weight is 189 g/mol. The summed E-state index contributed by atoms with van der Waals surface area (Å²) in [5.74, 6) is 0. The highest BCUT2D eigenvalue weighted by Gasteiger charge is 2.01. The molecule has 1 heterocycles. The summed E-state index contributed by atoms with van der Waals surface area (Å²) in [7, 11) is 0. The van der Waals surface area contributed by atoms with Crippen molar-refractivity contribution >= 4 is 10.9 Å². The molecule has 0 fully saturated rings. The first-order valence-electron chi connectivity index (χ1n) is 4.83. The normalized spacial score (nSPS) is 11.4. The smallest absolute Gasteiger partial charge is 0.0524 e. The number of H-pyrrole nitrogens is 1. The number of para-hydroxylation sites is 1.